The first-order chi connectivity index (χ1) is 9.32. The Morgan fingerprint density at radius 1 is 1.35 bits per heavy atom. The number of ether oxygens (including phenoxy) is 1. The molecule has 0 saturated carbocycles. The lowest BCUT2D eigenvalue weighted by Crippen LogP contribution is -2.38. The Hall–Kier alpha value is -1.60. The maximum absolute atomic E-state index is 12.4. The Morgan fingerprint density at radius 2 is 2.00 bits per heavy atom. The van der Waals surface area contributed by atoms with E-state index in [1.54, 1.807) is 19.9 Å². The maximum atomic E-state index is 12.4. The smallest absolute Gasteiger partial charge is 0.243 e. The molecular weight excluding hydrogens is 280 g/mol. The van der Waals surface area contributed by atoms with Crippen molar-refractivity contribution in [2.75, 3.05) is 19.7 Å². The van der Waals surface area contributed by atoms with Crippen LogP contribution in [-0.2, 0) is 14.8 Å². The van der Waals surface area contributed by atoms with Gasteiger partial charge in [-0.05, 0) is 37.6 Å². The second-order valence-corrected chi connectivity index (χ2v) is 6.20. The zero-order valence-corrected chi connectivity index (χ0v) is 12.7. The summed E-state index contributed by atoms with van der Waals surface area (Å²) in [6.45, 7) is 5.64. The molecule has 0 fully saturated rings. The molecule has 0 spiro atoms. The number of carbonyl (C=O) groups excluding carboxylic acids is 1. The number of hydrogen-bond donors (Lipinski definition) is 1. The van der Waals surface area contributed by atoms with Gasteiger partial charge in [-0.15, -0.1) is 0 Å². The maximum Gasteiger partial charge on any atom is 0.243 e. The third-order valence-corrected chi connectivity index (χ3v) is 4.69. The zero-order valence-electron chi connectivity index (χ0n) is 11.9. The predicted octanol–water partition coefficient (Wildman–Crippen LogP) is 0.890. The summed E-state index contributed by atoms with van der Waals surface area (Å²) in [5.74, 6) is -0.0394. The minimum absolute atomic E-state index is 0.126. The van der Waals surface area contributed by atoms with E-state index in [9.17, 15) is 13.2 Å². The van der Waals surface area contributed by atoms with Crippen LogP contribution in [-0.4, -0.2) is 38.3 Å². The van der Waals surface area contributed by atoms with Gasteiger partial charge < -0.3 is 10.5 Å². The van der Waals surface area contributed by atoms with Crippen LogP contribution in [0.1, 0.15) is 19.4 Å². The van der Waals surface area contributed by atoms with Gasteiger partial charge in [-0.3, -0.25) is 4.79 Å². The molecular formula is C13H20N2O4S. The summed E-state index contributed by atoms with van der Waals surface area (Å²) in [6, 6.07) is 4.62. The molecule has 0 saturated heterocycles. The second kappa shape index (κ2) is 6.71. The third-order valence-electron chi connectivity index (χ3n) is 2.77. The molecule has 0 aliphatic carbocycles. The number of sulfonamides is 1. The van der Waals surface area contributed by atoms with Crippen LogP contribution in [0.2, 0.25) is 0 Å². The van der Waals surface area contributed by atoms with E-state index >= 15 is 0 Å². The minimum atomic E-state index is -3.72. The number of likely N-dealkylation sites (N-methyl/N-ethyl adjacent to an activating group) is 1. The van der Waals surface area contributed by atoms with Crippen LogP contribution in [0, 0.1) is 6.92 Å². The SMILES string of the molecule is CCOc1ccc(S(=O)(=O)N(CC)CC(N)=O)cc1C. The largest absolute Gasteiger partial charge is 0.494 e. The van der Waals surface area contributed by atoms with Crippen molar-refractivity contribution in [2.24, 2.45) is 5.73 Å². The summed E-state index contributed by atoms with van der Waals surface area (Å²) < 4.78 is 31.2. The number of nitrogens with zero attached hydrogens (tertiary/aromatic N) is 1. The van der Waals surface area contributed by atoms with E-state index in [1.807, 2.05) is 6.92 Å². The number of rotatable bonds is 7. The van der Waals surface area contributed by atoms with Gasteiger partial charge in [0, 0.05) is 6.54 Å². The van der Waals surface area contributed by atoms with Crippen molar-refractivity contribution in [1.29, 1.82) is 0 Å². The zero-order chi connectivity index (χ0) is 15.3. The molecule has 1 amide bonds. The van der Waals surface area contributed by atoms with Crippen molar-refractivity contribution in [3.05, 3.63) is 23.8 Å². The summed E-state index contributed by atoms with van der Waals surface area (Å²) in [5.41, 5.74) is 5.80. The Kier molecular flexibility index (Phi) is 5.52. The van der Waals surface area contributed by atoms with Gasteiger partial charge in [0.15, 0.2) is 0 Å². The van der Waals surface area contributed by atoms with Crippen molar-refractivity contribution in [2.45, 2.75) is 25.7 Å². The molecule has 20 heavy (non-hydrogen) atoms. The van der Waals surface area contributed by atoms with Gasteiger partial charge in [0.05, 0.1) is 18.0 Å². The van der Waals surface area contributed by atoms with E-state index in [0.29, 0.717) is 12.4 Å². The Labute approximate surface area is 119 Å². The summed E-state index contributed by atoms with van der Waals surface area (Å²) in [5, 5.41) is 0. The van der Waals surface area contributed by atoms with Gasteiger partial charge in [-0.1, -0.05) is 6.92 Å². The molecule has 0 atom stereocenters. The van der Waals surface area contributed by atoms with Crippen molar-refractivity contribution in [3.8, 4) is 5.75 Å². The first-order valence-electron chi connectivity index (χ1n) is 6.34. The summed E-state index contributed by atoms with van der Waals surface area (Å²) in [6.07, 6.45) is 0. The van der Waals surface area contributed by atoms with Gasteiger partial charge in [0.25, 0.3) is 0 Å². The third kappa shape index (κ3) is 3.71. The lowest BCUT2D eigenvalue weighted by Gasteiger charge is -2.19. The molecule has 0 unspecified atom stereocenters. The average Bonchev–Trinajstić information content (AvgIpc) is 2.38. The summed E-state index contributed by atoms with van der Waals surface area (Å²) in [7, 11) is -3.72. The fourth-order valence-electron chi connectivity index (χ4n) is 1.79. The Bertz CT molecular complexity index is 584. The molecule has 112 valence electrons. The second-order valence-electron chi connectivity index (χ2n) is 4.26. The highest BCUT2D eigenvalue weighted by atomic mass is 32.2. The molecule has 0 aromatic heterocycles. The van der Waals surface area contributed by atoms with Crippen LogP contribution in [0.15, 0.2) is 23.1 Å². The van der Waals surface area contributed by atoms with Crippen LogP contribution in [0.25, 0.3) is 0 Å². The molecule has 0 heterocycles. The highest BCUT2D eigenvalue weighted by Gasteiger charge is 2.24. The van der Waals surface area contributed by atoms with Gasteiger partial charge >= 0.3 is 0 Å². The fraction of sp³-hybridized carbons (Fsp3) is 0.462. The Balaban J connectivity index is 3.14. The lowest BCUT2D eigenvalue weighted by molar-refractivity contribution is -0.118. The first kappa shape index (κ1) is 16.5. The molecule has 0 bridgehead atoms. The molecule has 1 aromatic carbocycles. The van der Waals surface area contributed by atoms with Crippen LogP contribution < -0.4 is 10.5 Å². The van der Waals surface area contributed by atoms with E-state index in [-0.39, 0.29) is 18.0 Å². The van der Waals surface area contributed by atoms with E-state index in [4.69, 9.17) is 10.5 Å². The van der Waals surface area contributed by atoms with Gasteiger partial charge in [0.1, 0.15) is 5.75 Å². The quantitative estimate of drug-likeness (QED) is 0.809. The van der Waals surface area contributed by atoms with Crippen molar-refractivity contribution in [1.82, 2.24) is 4.31 Å². The molecule has 0 aliphatic rings. The first-order valence-corrected chi connectivity index (χ1v) is 7.78. The average molecular weight is 300 g/mol. The number of carbonyl (C=O) groups is 1. The number of nitrogens with two attached hydrogens (primary N) is 1. The number of benzene rings is 1. The van der Waals surface area contributed by atoms with Gasteiger partial charge in [-0.2, -0.15) is 4.31 Å². The van der Waals surface area contributed by atoms with Gasteiger partial charge in [-0.25, -0.2) is 8.42 Å². The van der Waals surface area contributed by atoms with E-state index in [0.717, 1.165) is 9.87 Å². The number of primary amides is 1. The molecule has 2 N–H and O–H groups in total. The minimum Gasteiger partial charge on any atom is -0.494 e. The lowest BCUT2D eigenvalue weighted by atomic mass is 10.2. The number of hydrogen-bond acceptors (Lipinski definition) is 4. The molecule has 0 radical (unpaired) electrons. The fourth-order valence-corrected chi connectivity index (χ4v) is 3.29. The van der Waals surface area contributed by atoms with Gasteiger partial charge in [0.2, 0.25) is 15.9 Å². The monoisotopic (exact) mass is 300 g/mol. The molecule has 7 heteroatoms. The van der Waals surface area contributed by atoms with E-state index in [2.05, 4.69) is 0 Å². The normalized spacial score (nSPS) is 11.6. The van der Waals surface area contributed by atoms with E-state index in [1.165, 1.54) is 12.1 Å². The molecule has 6 nitrogen and oxygen atoms in total. The number of aryl methyl sites for hydroxylation is 1. The van der Waals surface area contributed by atoms with Crippen LogP contribution in [0.4, 0.5) is 0 Å². The number of amides is 1. The summed E-state index contributed by atoms with van der Waals surface area (Å²) in [4.78, 5) is 11.1. The van der Waals surface area contributed by atoms with Crippen molar-refractivity contribution < 1.29 is 17.9 Å². The van der Waals surface area contributed by atoms with Crippen LogP contribution >= 0.6 is 0 Å². The highest BCUT2D eigenvalue weighted by molar-refractivity contribution is 7.89. The van der Waals surface area contributed by atoms with Crippen molar-refractivity contribution >= 4 is 15.9 Å². The molecule has 1 aromatic rings. The Morgan fingerprint density at radius 3 is 2.45 bits per heavy atom. The highest BCUT2D eigenvalue weighted by Crippen LogP contribution is 2.23. The van der Waals surface area contributed by atoms with Crippen LogP contribution in [0.5, 0.6) is 5.75 Å². The topological polar surface area (TPSA) is 89.7 Å². The standard InChI is InChI=1S/C13H20N2O4S/c1-4-15(9-13(14)16)20(17,18)11-6-7-12(19-5-2)10(3)8-11/h6-8H,4-5,9H2,1-3H3,(H2,14,16). The molecule has 0 aliphatic heterocycles. The van der Waals surface area contributed by atoms with E-state index < -0.39 is 15.9 Å². The van der Waals surface area contributed by atoms with Crippen LogP contribution in [0.3, 0.4) is 0 Å². The predicted molar refractivity (Wildman–Crippen MR) is 76.0 cm³/mol. The summed E-state index contributed by atoms with van der Waals surface area (Å²) >= 11 is 0. The van der Waals surface area contributed by atoms with Crippen molar-refractivity contribution in [3.63, 3.8) is 0 Å². The molecule has 1 rings (SSSR count).